The van der Waals surface area contributed by atoms with Crippen molar-refractivity contribution in [1.29, 1.82) is 0 Å². The van der Waals surface area contributed by atoms with Gasteiger partial charge < -0.3 is 4.57 Å². The Bertz CT molecular complexity index is 275. The van der Waals surface area contributed by atoms with Crippen LogP contribution in [-0.4, -0.2) is 20.5 Å². The molecule has 14 heavy (non-hydrogen) atoms. The van der Waals surface area contributed by atoms with Crippen molar-refractivity contribution in [2.24, 2.45) is 12.5 Å². The van der Waals surface area contributed by atoms with Crippen LogP contribution in [0.5, 0.6) is 0 Å². The lowest BCUT2D eigenvalue weighted by molar-refractivity contribution is 0.401. The number of rotatable bonds is 4. The van der Waals surface area contributed by atoms with Gasteiger partial charge in [-0.1, -0.05) is 20.8 Å². The summed E-state index contributed by atoms with van der Waals surface area (Å²) < 4.78 is 1.98. The van der Waals surface area contributed by atoms with Crippen molar-refractivity contribution >= 4 is 11.8 Å². The Morgan fingerprint density at radius 1 is 1.43 bits per heavy atom. The molecular formula is C10H19N3S. The normalized spacial score (nSPS) is 12.0. The van der Waals surface area contributed by atoms with Gasteiger partial charge >= 0.3 is 0 Å². The van der Waals surface area contributed by atoms with Crippen molar-refractivity contribution in [3.05, 3.63) is 12.2 Å². The molecular weight excluding hydrogens is 194 g/mol. The molecule has 0 unspecified atom stereocenters. The lowest BCUT2D eigenvalue weighted by atomic mass is 9.94. The third-order valence-electron chi connectivity index (χ3n) is 2.03. The number of thioether (sulfide) groups is 1. The third-order valence-corrected chi connectivity index (χ3v) is 2.99. The molecule has 1 heterocycles. The highest BCUT2D eigenvalue weighted by molar-refractivity contribution is 7.98. The van der Waals surface area contributed by atoms with Crippen molar-refractivity contribution in [3.63, 3.8) is 0 Å². The van der Waals surface area contributed by atoms with E-state index in [2.05, 4.69) is 31.0 Å². The van der Waals surface area contributed by atoms with Crippen molar-refractivity contribution in [2.45, 2.75) is 32.9 Å². The van der Waals surface area contributed by atoms with Crippen LogP contribution in [0.2, 0.25) is 0 Å². The first-order valence-corrected chi connectivity index (χ1v) is 6.05. The van der Waals surface area contributed by atoms with Gasteiger partial charge in [-0.05, 0) is 17.6 Å². The minimum absolute atomic E-state index is 0.437. The second-order valence-corrected chi connectivity index (χ2v) is 5.83. The first-order valence-electron chi connectivity index (χ1n) is 4.90. The summed E-state index contributed by atoms with van der Waals surface area (Å²) in [4.78, 5) is 0. The summed E-state index contributed by atoms with van der Waals surface area (Å²) in [5, 5.41) is 7.89. The maximum atomic E-state index is 4.04. The topological polar surface area (TPSA) is 30.7 Å². The summed E-state index contributed by atoms with van der Waals surface area (Å²) in [6.45, 7) is 6.82. The standard InChI is InChI=1S/C10H19N3S/c1-10(2,3)5-6-14-7-9-12-11-8-13(9)4/h8H,5-7H2,1-4H3. The molecule has 80 valence electrons. The fourth-order valence-corrected chi connectivity index (χ4v) is 2.32. The van der Waals surface area contributed by atoms with Gasteiger partial charge in [0.05, 0.1) is 5.75 Å². The molecule has 4 heteroatoms. The molecule has 1 aromatic rings. The van der Waals surface area contributed by atoms with Crippen molar-refractivity contribution in [1.82, 2.24) is 14.8 Å². The molecule has 0 bridgehead atoms. The molecule has 0 N–H and O–H groups in total. The maximum absolute atomic E-state index is 4.04. The first kappa shape index (κ1) is 11.6. The molecule has 0 saturated carbocycles. The van der Waals surface area contributed by atoms with Gasteiger partial charge in [-0.15, -0.1) is 10.2 Å². The lowest BCUT2D eigenvalue weighted by Crippen LogP contribution is -2.06. The van der Waals surface area contributed by atoms with Crippen molar-refractivity contribution < 1.29 is 0 Å². The van der Waals surface area contributed by atoms with E-state index in [9.17, 15) is 0 Å². The van der Waals surface area contributed by atoms with Gasteiger partial charge in [0.15, 0.2) is 0 Å². The molecule has 0 atom stereocenters. The Morgan fingerprint density at radius 2 is 2.14 bits per heavy atom. The Balaban J connectivity index is 2.20. The molecule has 0 radical (unpaired) electrons. The maximum Gasteiger partial charge on any atom is 0.142 e. The van der Waals surface area contributed by atoms with Gasteiger partial charge in [0.1, 0.15) is 12.2 Å². The zero-order valence-electron chi connectivity index (χ0n) is 9.45. The van der Waals surface area contributed by atoms with Crippen molar-refractivity contribution in [3.8, 4) is 0 Å². The molecule has 3 nitrogen and oxygen atoms in total. The summed E-state index contributed by atoms with van der Waals surface area (Å²) in [5.74, 6) is 3.21. The molecule has 0 amide bonds. The van der Waals surface area contributed by atoms with E-state index >= 15 is 0 Å². The summed E-state index contributed by atoms with van der Waals surface area (Å²) in [6.07, 6.45) is 3.00. The third kappa shape index (κ3) is 4.13. The van der Waals surface area contributed by atoms with Crippen LogP contribution in [0.25, 0.3) is 0 Å². The van der Waals surface area contributed by atoms with E-state index < -0.39 is 0 Å². The highest BCUT2D eigenvalue weighted by Crippen LogP contribution is 2.22. The zero-order valence-corrected chi connectivity index (χ0v) is 10.3. The van der Waals surface area contributed by atoms with Gasteiger partial charge in [-0.3, -0.25) is 0 Å². The molecule has 0 saturated heterocycles. The van der Waals surface area contributed by atoms with E-state index in [-0.39, 0.29) is 0 Å². The molecule has 0 aromatic carbocycles. The van der Waals surface area contributed by atoms with E-state index in [0.717, 1.165) is 11.6 Å². The van der Waals surface area contributed by atoms with E-state index in [1.165, 1.54) is 12.2 Å². The van der Waals surface area contributed by atoms with Gasteiger partial charge in [0, 0.05) is 7.05 Å². The van der Waals surface area contributed by atoms with E-state index in [4.69, 9.17) is 0 Å². The van der Waals surface area contributed by atoms with Gasteiger partial charge in [-0.2, -0.15) is 11.8 Å². The average molecular weight is 213 g/mol. The first-order chi connectivity index (χ1) is 6.49. The van der Waals surface area contributed by atoms with E-state index in [1.807, 2.05) is 23.4 Å². The Morgan fingerprint density at radius 3 is 2.64 bits per heavy atom. The SMILES string of the molecule is Cn1cnnc1CSCCC(C)(C)C. The van der Waals surface area contributed by atoms with Crippen LogP contribution in [0, 0.1) is 5.41 Å². The summed E-state index contributed by atoms with van der Waals surface area (Å²) >= 11 is 1.93. The average Bonchev–Trinajstić information content (AvgIpc) is 2.44. The second kappa shape index (κ2) is 4.82. The number of hydrogen-bond donors (Lipinski definition) is 0. The van der Waals surface area contributed by atoms with E-state index in [0.29, 0.717) is 5.41 Å². The molecule has 0 aliphatic heterocycles. The van der Waals surface area contributed by atoms with Crippen LogP contribution in [0.3, 0.4) is 0 Å². The lowest BCUT2D eigenvalue weighted by Gasteiger charge is -2.16. The van der Waals surface area contributed by atoms with Crippen LogP contribution in [0.4, 0.5) is 0 Å². The Labute approximate surface area is 90.3 Å². The summed E-state index contributed by atoms with van der Waals surface area (Å²) in [7, 11) is 1.99. The minimum atomic E-state index is 0.437. The second-order valence-electron chi connectivity index (χ2n) is 4.72. The van der Waals surface area contributed by atoms with Crippen LogP contribution in [-0.2, 0) is 12.8 Å². The molecule has 1 rings (SSSR count). The zero-order chi connectivity index (χ0) is 10.6. The van der Waals surface area contributed by atoms with Crippen LogP contribution in [0.15, 0.2) is 6.33 Å². The molecule has 0 aliphatic rings. The number of aromatic nitrogens is 3. The van der Waals surface area contributed by atoms with Crippen LogP contribution < -0.4 is 0 Å². The number of hydrogen-bond acceptors (Lipinski definition) is 3. The van der Waals surface area contributed by atoms with Gasteiger partial charge in [-0.25, -0.2) is 0 Å². The monoisotopic (exact) mass is 213 g/mol. The Kier molecular flexibility index (Phi) is 3.98. The molecule has 0 aliphatic carbocycles. The minimum Gasteiger partial charge on any atom is -0.320 e. The quantitative estimate of drug-likeness (QED) is 0.720. The van der Waals surface area contributed by atoms with E-state index in [1.54, 1.807) is 6.33 Å². The molecule has 0 fully saturated rings. The number of nitrogens with zero attached hydrogens (tertiary/aromatic N) is 3. The van der Waals surface area contributed by atoms with Crippen LogP contribution >= 0.6 is 11.8 Å². The summed E-state index contributed by atoms with van der Waals surface area (Å²) in [6, 6.07) is 0. The predicted octanol–water partition coefficient (Wildman–Crippen LogP) is 2.48. The van der Waals surface area contributed by atoms with Gasteiger partial charge in [0.25, 0.3) is 0 Å². The fraction of sp³-hybridized carbons (Fsp3) is 0.800. The van der Waals surface area contributed by atoms with Crippen LogP contribution in [0.1, 0.15) is 33.0 Å². The molecule has 0 spiro atoms. The number of aryl methyl sites for hydroxylation is 1. The largest absolute Gasteiger partial charge is 0.320 e. The Hall–Kier alpha value is -0.510. The van der Waals surface area contributed by atoms with Gasteiger partial charge in [0.2, 0.25) is 0 Å². The molecule has 1 aromatic heterocycles. The fourth-order valence-electron chi connectivity index (χ4n) is 0.980. The summed E-state index contributed by atoms with van der Waals surface area (Å²) in [5.41, 5.74) is 0.437. The highest BCUT2D eigenvalue weighted by atomic mass is 32.2. The van der Waals surface area contributed by atoms with Crippen molar-refractivity contribution in [2.75, 3.05) is 5.75 Å². The predicted molar refractivity (Wildman–Crippen MR) is 61.2 cm³/mol. The smallest absolute Gasteiger partial charge is 0.142 e. The highest BCUT2D eigenvalue weighted by Gasteiger charge is 2.09.